The fourth-order valence-corrected chi connectivity index (χ4v) is 6.33. The van der Waals surface area contributed by atoms with Crippen molar-refractivity contribution in [2.45, 2.75) is 26.7 Å². The molecule has 33 heavy (non-hydrogen) atoms. The van der Waals surface area contributed by atoms with Crippen molar-refractivity contribution >= 4 is 23.4 Å². The van der Waals surface area contributed by atoms with Crippen LogP contribution in [0.3, 0.4) is 0 Å². The van der Waals surface area contributed by atoms with E-state index in [1.807, 2.05) is 43.3 Å². The van der Waals surface area contributed by atoms with Gasteiger partial charge in [0.15, 0.2) is 0 Å². The second-order valence-corrected chi connectivity index (χ2v) is 10.0. The van der Waals surface area contributed by atoms with Crippen molar-refractivity contribution in [3.05, 3.63) is 77.4 Å². The van der Waals surface area contributed by atoms with E-state index in [1.165, 1.54) is 10.5 Å². The molecule has 5 heteroatoms. The number of hydrogen-bond acceptors (Lipinski definition) is 3. The van der Waals surface area contributed by atoms with Crippen molar-refractivity contribution in [3.63, 3.8) is 0 Å². The first-order chi connectivity index (χ1) is 16.0. The first-order valence-electron chi connectivity index (χ1n) is 12.0. The zero-order chi connectivity index (χ0) is 22.9. The molecule has 0 aromatic heterocycles. The van der Waals surface area contributed by atoms with E-state index in [1.54, 1.807) is 17.0 Å². The number of amides is 3. The average molecular weight is 441 g/mol. The van der Waals surface area contributed by atoms with E-state index in [-0.39, 0.29) is 48.1 Å². The standard InChI is InChI=1S/C28H28N2O3/c1-3-17-6-10-19(11-7-17)29(26(31)18-8-4-16(2)5-9-18)15-30-27(32)24-20-12-13-21(23-14-22(20)23)25(24)28(30)33/h4-13,20-25H,3,14-15H2,1-2H3. The van der Waals surface area contributed by atoms with Gasteiger partial charge >= 0.3 is 0 Å². The van der Waals surface area contributed by atoms with Gasteiger partial charge in [-0.15, -0.1) is 0 Å². The summed E-state index contributed by atoms with van der Waals surface area (Å²) in [5, 5.41) is 0. The van der Waals surface area contributed by atoms with Crippen LogP contribution in [0.2, 0.25) is 0 Å². The zero-order valence-electron chi connectivity index (χ0n) is 19.0. The van der Waals surface area contributed by atoms with Crippen LogP contribution in [0.25, 0.3) is 0 Å². The Balaban J connectivity index is 1.33. The summed E-state index contributed by atoms with van der Waals surface area (Å²) >= 11 is 0. The van der Waals surface area contributed by atoms with Gasteiger partial charge in [-0.3, -0.25) is 24.2 Å². The first-order valence-corrected chi connectivity index (χ1v) is 12.0. The molecule has 4 aliphatic carbocycles. The number of nitrogens with zero attached hydrogens (tertiary/aromatic N) is 2. The molecule has 6 unspecified atom stereocenters. The third-order valence-corrected chi connectivity index (χ3v) is 8.24. The van der Waals surface area contributed by atoms with Crippen molar-refractivity contribution in [2.24, 2.45) is 35.5 Å². The molecule has 6 atom stereocenters. The quantitative estimate of drug-likeness (QED) is 0.517. The number of aryl methyl sites for hydroxylation is 2. The molecule has 1 aliphatic heterocycles. The molecule has 1 heterocycles. The summed E-state index contributed by atoms with van der Waals surface area (Å²) in [5.74, 6) is 0.537. The highest BCUT2D eigenvalue weighted by Crippen LogP contribution is 2.65. The molecule has 3 amide bonds. The normalized spacial score (nSPS) is 30.9. The highest BCUT2D eigenvalue weighted by molar-refractivity contribution is 6.09. The van der Waals surface area contributed by atoms with Gasteiger partial charge in [0.1, 0.15) is 6.67 Å². The van der Waals surface area contributed by atoms with Crippen molar-refractivity contribution in [1.82, 2.24) is 4.90 Å². The molecule has 2 aromatic carbocycles. The highest BCUT2D eigenvalue weighted by atomic mass is 16.2. The lowest BCUT2D eigenvalue weighted by molar-refractivity contribution is -0.140. The molecule has 5 aliphatic rings. The number of anilines is 1. The third kappa shape index (κ3) is 3.09. The molecule has 3 fully saturated rings. The number of rotatable bonds is 5. The number of carbonyl (C=O) groups excluding carboxylic acids is 3. The Morgan fingerprint density at radius 2 is 1.48 bits per heavy atom. The minimum absolute atomic E-state index is 0.0440. The minimum atomic E-state index is -0.255. The summed E-state index contributed by atoms with van der Waals surface area (Å²) < 4.78 is 0. The molecule has 0 radical (unpaired) electrons. The summed E-state index contributed by atoms with van der Waals surface area (Å²) in [7, 11) is 0. The van der Waals surface area contributed by atoms with Crippen LogP contribution in [0.5, 0.6) is 0 Å². The van der Waals surface area contributed by atoms with Crippen LogP contribution in [-0.4, -0.2) is 29.3 Å². The zero-order valence-corrected chi connectivity index (χ0v) is 19.0. The van der Waals surface area contributed by atoms with Crippen molar-refractivity contribution < 1.29 is 14.4 Å². The van der Waals surface area contributed by atoms with Crippen molar-refractivity contribution in [1.29, 1.82) is 0 Å². The molecule has 2 saturated carbocycles. The Morgan fingerprint density at radius 1 is 0.909 bits per heavy atom. The largest absolute Gasteiger partial charge is 0.290 e. The van der Waals surface area contributed by atoms with Gasteiger partial charge in [0.2, 0.25) is 11.8 Å². The molecule has 2 aromatic rings. The smallest absolute Gasteiger partial charge is 0.259 e. The molecular weight excluding hydrogens is 412 g/mol. The fraction of sp³-hybridized carbons (Fsp3) is 0.393. The Morgan fingerprint density at radius 3 is 2.03 bits per heavy atom. The van der Waals surface area contributed by atoms with Gasteiger partial charge in [0.25, 0.3) is 5.91 Å². The van der Waals surface area contributed by atoms with E-state index in [2.05, 4.69) is 19.1 Å². The second kappa shape index (κ2) is 7.41. The van der Waals surface area contributed by atoms with Crippen LogP contribution in [-0.2, 0) is 16.0 Å². The van der Waals surface area contributed by atoms with Gasteiger partial charge in [-0.2, -0.15) is 0 Å². The van der Waals surface area contributed by atoms with Crippen LogP contribution < -0.4 is 4.90 Å². The SMILES string of the molecule is CCc1ccc(N(CN2C(=O)C3C4C=CC(C5CC45)C3C2=O)C(=O)c2ccc(C)cc2)cc1. The number of likely N-dealkylation sites (tertiary alicyclic amines) is 1. The van der Waals surface area contributed by atoms with Crippen LogP contribution >= 0.6 is 0 Å². The van der Waals surface area contributed by atoms with Crippen LogP contribution in [0.1, 0.15) is 34.8 Å². The second-order valence-electron chi connectivity index (χ2n) is 10.0. The lowest BCUT2D eigenvalue weighted by atomic mass is 9.63. The predicted molar refractivity (Wildman–Crippen MR) is 125 cm³/mol. The maximum absolute atomic E-state index is 13.6. The van der Waals surface area contributed by atoms with E-state index in [4.69, 9.17) is 0 Å². The molecule has 5 nitrogen and oxygen atoms in total. The van der Waals surface area contributed by atoms with Gasteiger partial charge < -0.3 is 0 Å². The summed E-state index contributed by atoms with van der Waals surface area (Å²) in [6, 6.07) is 15.2. The number of benzene rings is 2. The average Bonchev–Trinajstić information content (AvgIpc) is 3.63. The summed E-state index contributed by atoms with van der Waals surface area (Å²) in [6.07, 6.45) is 6.38. The molecule has 0 spiro atoms. The number of imide groups is 1. The van der Waals surface area contributed by atoms with Crippen LogP contribution in [0, 0.1) is 42.4 Å². The molecule has 7 rings (SSSR count). The highest BCUT2D eigenvalue weighted by Gasteiger charge is 2.67. The molecular formula is C28H28N2O3. The van der Waals surface area contributed by atoms with Crippen LogP contribution in [0.15, 0.2) is 60.7 Å². The van der Waals surface area contributed by atoms with Crippen molar-refractivity contribution in [3.8, 4) is 0 Å². The van der Waals surface area contributed by atoms with Gasteiger partial charge in [-0.25, -0.2) is 0 Å². The van der Waals surface area contributed by atoms with Gasteiger partial charge in [-0.05, 0) is 73.3 Å². The lowest BCUT2D eigenvalue weighted by Gasteiger charge is -2.37. The molecule has 0 N–H and O–H groups in total. The minimum Gasteiger partial charge on any atom is -0.290 e. The lowest BCUT2D eigenvalue weighted by Crippen LogP contribution is -2.45. The fourth-order valence-electron chi connectivity index (χ4n) is 6.33. The van der Waals surface area contributed by atoms with E-state index in [0.29, 0.717) is 23.1 Å². The first kappa shape index (κ1) is 20.4. The maximum Gasteiger partial charge on any atom is 0.259 e. The maximum atomic E-state index is 13.6. The van der Waals surface area contributed by atoms with E-state index in [0.717, 1.165) is 18.4 Å². The molecule has 168 valence electrons. The third-order valence-electron chi connectivity index (χ3n) is 8.24. The predicted octanol–water partition coefficient (Wildman–Crippen LogP) is 4.21. The van der Waals surface area contributed by atoms with Gasteiger partial charge in [0.05, 0.1) is 11.8 Å². The van der Waals surface area contributed by atoms with E-state index in [9.17, 15) is 14.4 Å². The number of hydrogen-bond donors (Lipinski definition) is 0. The summed E-state index contributed by atoms with van der Waals surface area (Å²) in [6.45, 7) is 4.02. The van der Waals surface area contributed by atoms with Crippen LogP contribution in [0.4, 0.5) is 5.69 Å². The Kier molecular flexibility index (Phi) is 4.58. The van der Waals surface area contributed by atoms with Gasteiger partial charge in [0, 0.05) is 11.3 Å². The topological polar surface area (TPSA) is 57.7 Å². The van der Waals surface area contributed by atoms with Gasteiger partial charge in [-0.1, -0.05) is 48.9 Å². The van der Waals surface area contributed by atoms with E-state index < -0.39 is 0 Å². The van der Waals surface area contributed by atoms with Crippen molar-refractivity contribution in [2.75, 3.05) is 11.6 Å². The summed E-state index contributed by atoms with van der Waals surface area (Å²) in [5.41, 5.74) is 3.47. The molecule has 1 saturated heterocycles. The monoisotopic (exact) mass is 440 g/mol. The Bertz CT molecular complexity index is 1130. The number of allylic oxidation sites excluding steroid dienone is 2. The van der Waals surface area contributed by atoms with E-state index >= 15 is 0 Å². The Hall–Kier alpha value is -3.21. The number of carbonyl (C=O) groups is 3. The summed E-state index contributed by atoms with van der Waals surface area (Å²) in [4.78, 5) is 43.5. The Labute approximate surface area is 194 Å². The molecule has 2 bridgehead atoms.